The summed E-state index contributed by atoms with van der Waals surface area (Å²) < 4.78 is 5.00. The van der Waals surface area contributed by atoms with E-state index in [-0.39, 0.29) is 17.7 Å². The predicted molar refractivity (Wildman–Crippen MR) is 73.7 cm³/mol. The molecule has 2 fully saturated rings. The minimum atomic E-state index is -0.812. The van der Waals surface area contributed by atoms with E-state index in [0.29, 0.717) is 12.8 Å². The third-order valence-electron chi connectivity index (χ3n) is 4.98. The lowest BCUT2D eigenvalue weighted by Gasteiger charge is -2.33. The average molecular weight is 266 g/mol. The van der Waals surface area contributed by atoms with Gasteiger partial charge < -0.3 is 4.74 Å². The monoisotopic (exact) mass is 266 g/mol. The van der Waals surface area contributed by atoms with Crippen LogP contribution in [-0.2, 0) is 14.3 Å². The van der Waals surface area contributed by atoms with Crippen molar-refractivity contribution < 1.29 is 14.3 Å². The molecule has 19 heavy (non-hydrogen) atoms. The van der Waals surface area contributed by atoms with Crippen LogP contribution in [0.1, 0.15) is 70.6 Å². The van der Waals surface area contributed by atoms with Gasteiger partial charge in [-0.05, 0) is 25.7 Å². The molecular weight excluding hydrogens is 240 g/mol. The lowest BCUT2D eigenvalue weighted by molar-refractivity contribution is -0.161. The number of ketones is 1. The van der Waals surface area contributed by atoms with Crippen LogP contribution in [0, 0.1) is 11.3 Å². The van der Waals surface area contributed by atoms with E-state index >= 15 is 0 Å². The van der Waals surface area contributed by atoms with Gasteiger partial charge in [-0.3, -0.25) is 9.59 Å². The minimum Gasteiger partial charge on any atom is -0.468 e. The molecule has 0 radical (unpaired) electrons. The van der Waals surface area contributed by atoms with Crippen molar-refractivity contribution in [2.45, 2.75) is 70.6 Å². The largest absolute Gasteiger partial charge is 0.468 e. The molecule has 0 atom stereocenters. The highest BCUT2D eigenvalue weighted by molar-refractivity contribution is 6.04. The summed E-state index contributed by atoms with van der Waals surface area (Å²) in [6, 6.07) is 0. The summed E-state index contributed by atoms with van der Waals surface area (Å²) in [6.45, 7) is 0. The second kappa shape index (κ2) is 6.53. The first-order chi connectivity index (χ1) is 9.20. The van der Waals surface area contributed by atoms with Crippen LogP contribution in [0.25, 0.3) is 0 Å². The Hall–Kier alpha value is -0.860. The van der Waals surface area contributed by atoms with E-state index in [0.717, 1.165) is 51.4 Å². The molecule has 0 aromatic carbocycles. The SMILES string of the molecule is COC(=O)C1(C(=O)C2CCCCC2)CCCCCC1. The maximum absolute atomic E-state index is 12.9. The van der Waals surface area contributed by atoms with Gasteiger partial charge in [0.1, 0.15) is 5.41 Å². The van der Waals surface area contributed by atoms with Crippen molar-refractivity contribution in [3.8, 4) is 0 Å². The van der Waals surface area contributed by atoms with Crippen LogP contribution < -0.4 is 0 Å². The molecule has 0 unspecified atom stereocenters. The molecule has 3 nitrogen and oxygen atoms in total. The van der Waals surface area contributed by atoms with Gasteiger partial charge in [0, 0.05) is 5.92 Å². The molecule has 0 aliphatic heterocycles. The molecular formula is C16H26O3. The molecule has 0 amide bonds. The van der Waals surface area contributed by atoms with Crippen LogP contribution in [-0.4, -0.2) is 18.9 Å². The van der Waals surface area contributed by atoms with Crippen LogP contribution in [0.2, 0.25) is 0 Å². The van der Waals surface area contributed by atoms with E-state index in [1.807, 2.05) is 0 Å². The zero-order valence-electron chi connectivity index (χ0n) is 12.1. The second-order valence-corrected chi connectivity index (χ2v) is 6.19. The molecule has 2 saturated carbocycles. The summed E-state index contributed by atoms with van der Waals surface area (Å²) >= 11 is 0. The van der Waals surface area contributed by atoms with Gasteiger partial charge in [0.2, 0.25) is 0 Å². The molecule has 2 aliphatic rings. The number of methoxy groups -OCH3 is 1. The van der Waals surface area contributed by atoms with E-state index in [1.54, 1.807) is 0 Å². The van der Waals surface area contributed by atoms with Crippen molar-refractivity contribution in [2.24, 2.45) is 11.3 Å². The highest BCUT2D eigenvalue weighted by atomic mass is 16.5. The fraction of sp³-hybridized carbons (Fsp3) is 0.875. The smallest absolute Gasteiger partial charge is 0.319 e. The van der Waals surface area contributed by atoms with E-state index in [4.69, 9.17) is 4.74 Å². The first-order valence-corrected chi connectivity index (χ1v) is 7.83. The highest BCUT2D eigenvalue weighted by Gasteiger charge is 2.48. The van der Waals surface area contributed by atoms with Crippen LogP contribution in [0.15, 0.2) is 0 Å². The molecule has 0 aromatic heterocycles. The quantitative estimate of drug-likeness (QED) is 0.445. The first kappa shape index (κ1) is 14.5. The lowest BCUT2D eigenvalue weighted by Crippen LogP contribution is -2.44. The normalized spacial score (nSPS) is 24.5. The van der Waals surface area contributed by atoms with Crippen molar-refractivity contribution >= 4 is 11.8 Å². The molecule has 0 spiro atoms. The zero-order chi connectivity index (χ0) is 13.7. The third-order valence-corrected chi connectivity index (χ3v) is 4.98. The number of carbonyl (C=O) groups is 2. The van der Waals surface area contributed by atoms with Crippen LogP contribution >= 0.6 is 0 Å². The van der Waals surface area contributed by atoms with Gasteiger partial charge in [-0.2, -0.15) is 0 Å². The Morgan fingerprint density at radius 2 is 1.42 bits per heavy atom. The van der Waals surface area contributed by atoms with Gasteiger partial charge in [-0.25, -0.2) is 0 Å². The fourth-order valence-corrected chi connectivity index (χ4v) is 3.83. The molecule has 0 aromatic rings. The summed E-state index contributed by atoms with van der Waals surface area (Å²) in [5.74, 6) is 0.0249. The predicted octanol–water partition coefficient (Wildman–Crippen LogP) is 3.65. The summed E-state index contributed by atoms with van der Waals surface area (Å²) in [7, 11) is 1.42. The highest BCUT2D eigenvalue weighted by Crippen LogP contribution is 2.41. The molecule has 0 saturated heterocycles. The Morgan fingerprint density at radius 1 is 0.895 bits per heavy atom. The summed E-state index contributed by atoms with van der Waals surface area (Å²) in [5.41, 5.74) is -0.812. The summed E-state index contributed by atoms with van der Waals surface area (Å²) in [4.78, 5) is 25.2. The third kappa shape index (κ3) is 3.01. The minimum absolute atomic E-state index is 0.103. The van der Waals surface area contributed by atoms with Gasteiger partial charge in [-0.15, -0.1) is 0 Å². The molecule has 2 aliphatic carbocycles. The Morgan fingerprint density at radius 3 is 1.95 bits per heavy atom. The summed E-state index contributed by atoms with van der Waals surface area (Å²) in [6.07, 6.45) is 11.1. The fourth-order valence-electron chi connectivity index (χ4n) is 3.83. The second-order valence-electron chi connectivity index (χ2n) is 6.19. The van der Waals surface area contributed by atoms with Crippen LogP contribution in [0.3, 0.4) is 0 Å². The van der Waals surface area contributed by atoms with Crippen molar-refractivity contribution in [1.29, 1.82) is 0 Å². The van der Waals surface area contributed by atoms with Crippen molar-refractivity contribution in [1.82, 2.24) is 0 Å². The Balaban J connectivity index is 2.19. The number of hydrogen-bond donors (Lipinski definition) is 0. The van der Waals surface area contributed by atoms with Crippen LogP contribution in [0.5, 0.6) is 0 Å². The first-order valence-electron chi connectivity index (χ1n) is 7.83. The van der Waals surface area contributed by atoms with Gasteiger partial charge in [0.05, 0.1) is 7.11 Å². The zero-order valence-corrected chi connectivity index (χ0v) is 12.1. The Kier molecular flexibility index (Phi) is 5.00. The van der Waals surface area contributed by atoms with E-state index < -0.39 is 5.41 Å². The number of esters is 1. The number of carbonyl (C=O) groups excluding carboxylic acids is 2. The van der Waals surface area contributed by atoms with Crippen LogP contribution in [0.4, 0.5) is 0 Å². The maximum atomic E-state index is 12.9. The van der Waals surface area contributed by atoms with Gasteiger partial charge >= 0.3 is 5.97 Å². The molecule has 108 valence electrons. The van der Waals surface area contributed by atoms with E-state index in [1.165, 1.54) is 13.5 Å². The van der Waals surface area contributed by atoms with Crippen molar-refractivity contribution in [2.75, 3.05) is 7.11 Å². The lowest BCUT2D eigenvalue weighted by atomic mass is 9.69. The number of ether oxygens (including phenoxy) is 1. The Bertz CT molecular complexity index is 321. The van der Waals surface area contributed by atoms with E-state index in [9.17, 15) is 9.59 Å². The maximum Gasteiger partial charge on any atom is 0.319 e. The number of Topliss-reactive ketones (excluding diaryl/α,β-unsaturated/α-hetero) is 1. The molecule has 3 heteroatoms. The van der Waals surface area contributed by atoms with Gasteiger partial charge in [0.15, 0.2) is 5.78 Å². The van der Waals surface area contributed by atoms with E-state index in [2.05, 4.69) is 0 Å². The number of rotatable bonds is 3. The summed E-state index contributed by atoms with van der Waals surface area (Å²) in [5, 5.41) is 0. The molecule has 0 bridgehead atoms. The van der Waals surface area contributed by atoms with Crippen molar-refractivity contribution in [3.63, 3.8) is 0 Å². The van der Waals surface area contributed by atoms with Gasteiger partial charge in [-0.1, -0.05) is 44.9 Å². The topological polar surface area (TPSA) is 43.4 Å². The van der Waals surface area contributed by atoms with Gasteiger partial charge in [0.25, 0.3) is 0 Å². The standard InChI is InChI=1S/C16H26O3/c1-19-15(18)16(11-7-2-3-8-12-16)14(17)13-9-5-4-6-10-13/h13H,2-12H2,1H3. The molecule has 0 N–H and O–H groups in total. The molecule has 2 rings (SSSR count). The number of hydrogen-bond acceptors (Lipinski definition) is 3. The Labute approximate surface area is 116 Å². The average Bonchev–Trinajstić information content (AvgIpc) is 2.73. The molecule has 0 heterocycles. The van der Waals surface area contributed by atoms with Crippen molar-refractivity contribution in [3.05, 3.63) is 0 Å².